The second kappa shape index (κ2) is 5.78. The number of fused-ring (bicyclic) bond motifs is 1. The van der Waals surface area contributed by atoms with Gasteiger partial charge >= 0.3 is 6.18 Å². The van der Waals surface area contributed by atoms with Gasteiger partial charge in [0.1, 0.15) is 6.17 Å². The molecule has 1 aromatic carbocycles. The number of nitrogens with zero attached hydrogens (tertiary/aromatic N) is 2. The zero-order valence-corrected chi connectivity index (χ0v) is 12.8. The third-order valence-electron chi connectivity index (χ3n) is 4.51. The molecule has 1 amide bonds. The van der Waals surface area contributed by atoms with Crippen LogP contribution < -0.4 is 0 Å². The molecule has 0 radical (unpaired) electrons. The number of rotatable bonds is 2. The van der Waals surface area contributed by atoms with Crippen LogP contribution in [-0.2, 0) is 19.3 Å². The predicted molar refractivity (Wildman–Crippen MR) is 76.6 cm³/mol. The third-order valence-corrected chi connectivity index (χ3v) is 4.51. The van der Waals surface area contributed by atoms with Gasteiger partial charge in [-0.05, 0) is 36.1 Å². The van der Waals surface area contributed by atoms with E-state index in [9.17, 15) is 22.4 Å². The molecule has 1 aromatic rings. The van der Waals surface area contributed by atoms with Gasteiger partial charge in [-0.2, -0.15) is 13.2 Å². The first-order chi connectivity index (χ1) is 10.8. The molecular formula is C16H18F4N2O. The summed E-state index contributed by atoms with van der Waals surface area (Å²) in [6.07, 6.45) is -4.51. The molecule has 0 unspecified atom stereocenters. The molecule has 23 heavy (non-hydrogen) atoms. The van der Waals surface area contributed by atoms with E-state index in [1.54, 1.807) is 6.07 Å². The average Bonchev–Trinajstić information content (AvgIpc) is 2.75. The highest BCUT2D eigenvalue weighted by molar-refractivity contribution is 5.98. The van der Waals surface area contributed by atoms with Crippen molar-refractivity contribution in [3.63, 3.8) is 0 Å². The smallest absolute Gasteiger partial charge is 0.337 e. The molecule has 0 saturated carbocycles. The van der Waals surface area contributed by atoms with Gasteiger partial charge in [-0.1, -0.05) is 0 Å². The Labute approximate surface area is 131 Å². The van der Waals surface area contributed by atoms with Crippen LogP contribution >= 0.6 is 0 Å². The molecule has 7 heteroatoms. The van der Waals surface area contributed by atoms with E-state index in [1.165, 1.54) is 11.9 Å². The topological polar surface area (TPSA) is 23.6 Å². The zero-order valence-electron chi connectivity index (χ0n) is 12.8. The molecule has 2 aliphatic rings. The fourth-order valence-electron chi connectivity index (χ4n) is 3.27. The fraction of sp³-hybridized carbons (Fsp3) is 0.562. The Kier molecular flexibility index (Phi) is 4.08. The van der Waals surface area contributed by atoms with Crippen LogP contribution in [0.5, 0.6) is 0 Å². The Bertz CT molecular complexity index is 621. The number of alkyl halides is 4. The number of benzene rings is 1. The molecule has 3 nitrogen and oxygen atoms in total. The van der Waals surface area contributed by atoms with Crippen molar-refractivity contribution >= 4 is 5.91 Å². The molecule has 0 atom stereocenters. The lowest BCUT2D eigenvalue weighted by atomic mass is 9.98. The Morgan fingerprint density at radius 2 is 1.87 bits per heavy atom. The second-order valence-corrected chi connectivity index (χ2v) is 6.28. The number of amides is 1. The van der Waals surface area contributed by atoms with Crippen molar-refractivity contribution in [2.45, 2.75) is 38.3 Å². The van der Waals surface area contributed by atoms with Crippen molar-refractivity contribution < 1.29 is 22.4 Å². The van der Waals surface area contributed by atoms with Crippen LogP contribution in [-0.4, -0.2) is 42.0 Å². The molecule has 126 valence electrons. The first kappa shape index (κ1) is 16.2. The van der Waals surface area contributed by atoms with Gasteiger partial charge in [-0.3, -0.25) is 9.69 Å². The molecule has 3 rings (SSSR count). The van der Waals surface area contributed by atoms with Crippen molar-refractivity contribution in [2.24, 2.45) is 0 Å². The van der Waals surface area contributed by atoms with Crippen LogP contribution in [0.4, 0.5) is 17.6 Å². The number of carbonyl (C=O) groups is 1. The summed E-state index contributed by atoms with van der Waals surface area (Å²) in [5.74, 6) is -0.380. The van der Waals surface area contributed by atoms with Gasteiger partial charge in [0.2, 0.25) is 0 Å². The SMILES string of the molecule is CN1Cc2c(cc(CN3CCC(F)CC3)cc2C(F)(F)F)C1=O. The number of piperidine rings is 1. The highest BCUT2D eigenvalue weighted by atomic mass is 19.4. The maximum Gasteiger partial charge on any atom is 0.416 e. The Morgan fingerprint density at radius 1 is 1.22 bits per heavy atom. The molecule has 1 saturated heterocycles. The average molecular weight is 330 g/mol. The lowest BCUT2D eigenvalue weighted by Gasteiger charge is -2.28. The lowest BCUT2D eigenvalue weighted by Crippen LogP contribution is -2.34. The minimum absolute atomic E-state index is 0.0173. The van der Waals surface area contributed by atoms with Crippen LogP contribution in [0, 0.1) is 0 Å². The minimum atomic E-state index is -4.49. The van der Waals surface area contributed by atoms with E-state index in [4.69, 9.17) is 0 Å². The monoisotopic (exact) mass is 330 g/mol. The van der Waals surface area contributed by atoms with Crippen LogP contribution in [0.3, 0.4) is 0 Å². The minimum Gasteiger partial charge on any atom is -0.337 e. The Morgan fingerprint density at radius 3 is 2.48 bits per heavy atom. The van der Waals surface area contributed by atoms with Crippen molar-refractivity contribution in [3.8, 4) is 0 Å². The summed E-state index contributed by atoms with van der Waals surface area (Å²) >= 11 is 0. The van der Waals surface area contributed by atoms with Crippen LogP contribution in [0.25, 0.3) is 0 Å². The number of halogens is 4. The molecular weight excluding hydrogens is 312 g/mol. The Balaban J connectivity index is 1.92. The first-order valence-electron chi connectivity index (χ1n) is 7.60. The van der Waals surface area contributed by atoms with Gasteiger partial charge < -0.3 is 4.90 Å². The summed E-state index contributed by atoms with van der Waals surface area (Å²) in [6.45, 7) is 1.33. The highest BCUT2D eigenvalue weighted by Gasteiger charge is 2.39. The largest absolute Gasteiger partial charge is 0.416 e. The van der Waals surface area contributed by atoms with E-state index in [1.807, 2.05) is 4.90 Å². The fourth-order valence-corrected chi connectivity index (χ4v) is 3.27. The summed E-state index contributed by atoms with van der Waals surface area (Å²) < 4.78 is 53.1. The van der Waals surface area contributed by atoms with Crippen LogP contribution in [0.1, 0.15) is 39.9 Å². The van der Waals surface area contributed by atoms with Gasteiger partial charge in [0.25, 0.3) is 5.91 Å². The normalized spacial score (nSPS) is 20.2. The number of hydrogen-bond donors (Lipinski definition) is 0. The number of carbonyl (C=O) groups excluding carboxylic acids is 1. The van der Waals surface area contributed by atoms with E-state index < -0.39 is 17.9 Å². The first-order valence-corrected chi connectivity index (χ1v) is 7.60. The van der Waals surface area contributed by atoms with Crippen LogP contribution in [0.2, 0.25) is 0 Å². The maximum absolute atomic E-state index is 13.3. The lowest BCUT2D eigenvalue weighted by molar-refractivity contribution is -0.138. The van der Waals surface area contributed by atoms with Gasteiger partial charge in [0.05, 0.1) is 5.56 Å². The molecule has 0 aliphatic carbocycles. The zero-order chi connectivity index (χ0) is 16.8. The molecule has 0 bridgehead atoms. The summed E-state index contributed by atoms with van der Waals surface area (Å²) in [5.41, 5.74) is -0.0889. The maximum atomic E-state index is 13.3. The number of hydrogen-bond acceptors (Lipinski definition) is 2. The van der Waals surface area contributed by atoms with E-state index in [-0.39, 0.29) is 23.6 Å². The van der Waals surface area contributed by atoms with Crippen molar-refractivity contribution in [1.82, 2.24) is 9.80 Å². The standard InChI is InChI=1S/C16H18F4N2O/c1-21-9-13-12(15(21)23)6-10(7-14(13)16(18,19)20)8-22-4-2-11(17)3-5-22/h6-7,11H,2-5,8-9H2,1H3. The summed E-state index contributed by atoms with van der Waals surface area (Å²) in [6, 6.07) is 2.69. The predicted octanol–water partition coefficient (Wildman–Crippen LogP) is 3.22. The van der Waals surface area contributed by atoms with Crippen molar-refractivity contribution in [2.75, 3.05) is 20.1 Å². The van der Waals surface area contributed by atoms with E-state index in [0.717, 1.165) is 6.07 Å². The Hall–Kier alpha value is -1.63. The van der Waals surface area contributed by atoms with Crippen LogP contribution in [0.15, 0.2) is 12.1 Å². The summed E-state index contributed by atoms with van der Waals surface area (Å²) in [7, 11) is 1.49. The molecule has 2 heterocycles. The summed E-state index contributed by atoms with van der Waals surface area (Å²) in [5, 5.41) is 0. The number of likely N-dealkylation sites (tertiary alicyclic amines) is 1. The third kappa shape index (κ3) is 3.20. The van der Waals surface area contributed by atoms with Gasteiger partial charge in [-0.25, -0.2) is 4.39 Å². The van der Waals surface area contributed by atoms with Gasteiger partial charge in [-0.15, -0.1) is 0 Å². The molecule has 0 aromatic heterocycles. The molecule has 0 N–H and O–H groups in total. The van der Waals surface area contributed by atoms with Crippen molar-refractivity contribution in [3.05, 3.63) is 34.4 Å². The van der Waals surface area contributed by atoms with E-state index in [2.05, 4.69) is 0 Å². The van der Waals surface area contributed by atoms with E-state index >= 15 is 0 Å². The molecule has 2 aliphatic heterocycles. The second-order valence-electron chi connectivity index (χ2n) is 6.28. The van der Waals surface area contributed by atoms with Crippen molar-refractivity contribution in [1.29, 1.82) is 0 Å². The van der Waals surface area contributed by atoms with Gasteiger partial charge in [0.15, 0.2) is 0 Å². The van der Waals surface area contributed by atoms with Gasteiger partial charge in [0, 0.05) is 38.8 Å². The quantitative estimate of drug-likeness (QED) is 0.778. The summed E-state index contributed by atoms with van der Waals surface area (Å²) in [4.78, 5) is 15.3. The molecule has 0 spiro atoms. The van der Waals surface area contributed by atoms with E-state index in [0.29, 0.717) is 38.0 Å². The highest BCUT2D eigenvalue weighted by Crippen LogP contribution is 2.38. The molecule has 1 fully saturated rings.